The topological polar surface area (TPSA) is 99.8 Å². The largest absolute Gasteiger partial charge is 0.476 e. The zero-order valence-electron chi connectivity index (χ0n) is 8.89. The Morgan fingerprint density at radius 1 is 1.69 bits per heavy atom. The van der Waals surface area contributed by atoms with Gasteiger partial charge in [-0.15, -0.1) is 10.0 Å². The Balaban J connectivity index is 2.92. The molecule has 0 saturated heterocycles. The van der Waals surface area contributed by atoms with E-state index in [1.807, 2.05) is 12.5 Å². The lowest BCUT2D eigenvalue weighted by Crippen LogP contribution is -2.12. The second-order valence-electron chi connectivity index (χ2n) is 3.44. The predicted molar refractivity (Wildman–Crippen MR) is 62.3 cm³/mol. The van der Waals surface area contributed by atoms with Crippen LogP contribution >= 0.6 is 10.0 Å². The molecule has 0 bridgehead atoms. The summed E-state index contributed by atoms with van der Waals surface area (Å²) in [4.78, 5) is 24.7. The van der Waals surface area contributed by atoms with Crippen molar-refractivity contribution >= 4 is 33.2 Å². The summed E-state index contributed by atoms with van der Waals surface area (Å²) in [5.41, 5.74) is -0.473. The second kappa shape index (κ2) is 4.48. The number of aldehydes is 1. The molecule has 1 heterocycles. The van der Waals surface area contributed by atoms with E-state index in [0.29, 0.717) is 11.5 Å². The Kier molecular flexibility index (Phi) is 3.48. The number of rotatable bonds is 4. The van der Waals surface area contributed by atoms with E-state index in [9.17, 15) is 9.59 Å². The summed E-state index contributed by atoms with van der Waals surface area (Å²) >= 11 is 0. The van der Waals surface area contributed by atoms with Gasteiger partial charge in [0, 0.05) is 0 Å². The lowest BCUT2D eigenvalue weighted by atomic mass is 10.3. The van der Waals surface area contributed by atoms with Crippen molar-refractivity contribution in [2.24, 2.45) is 4.99 Å². The number of carboxylic acid groups (broad SMARTS) is 1. The number of aliphatic carboxylic acids is 1. The van der Waals surface area contributed by atoms with E-state index >= 15 is 0 Å². The molecule has 0 aliphatic carbocycles. The molecule has 0 radical (unpaired) electrons. The van der Waals surface area contributed by atoms with Crippen LogP contribution in [0.25, 0.3) is 0 Å². The number of aliphatic imine (C=N–C) groups is 1. The standard InChI is InChI=1S/C9H12N2O4S/c1-16(2)5-6(7(10)8(13)14)11-9(16)15-4-3-12/h3,5,10H,4H2,1-2H3,(H,13,14). The number of carbonyl (C=O) groups excluding carboxylic acids is 1. The highest BCUT2D eigenvalue weighted by atomic mass is 32.3. The molecule has 2 N–H and O–H groups in total. The fraction of sp³-hybridized carbons (Fsp3) is 0.333. The maximum Gasteiger partial charge on any atom is 0.356 e. The summed E-state index contributed by atoms with van der Waals surface area (Å²) in [7, 11) is -1.48. The summed E-state index contributed by atoms with van der Waals surface area (Å²) in [6.45, 7) is -0.114. The van der Waals surface area contributed by atoms with Gasteiger partial charge in [0.15, 0.2) is 12.0 Å². The molecule has 0 fully saturated rings. The van der Waals surface area contributed by atoms with Gasteiger partial charge in [-0.25, -0.2) is 9.79 Å². The van der Waals surface area contributed by atoms with Gasteiger partial charge in [-0.1, -0.05) is 0 Å². The van der Waals surface area contributed by atoms with Gasteiger partial charge < -0.3 is 9.84 Å². The van der Waals surface area contributed by atoms with Crippen LogP contribution in [0.15, 0.2) is 16.1 Å². The van der Waals surface area contributed by atoms with Crippen molar-refractivity contribution < 1.29 is 19.4 Å². The van der Waals surface area contributed by atoms with Crippen LogP contribution in [0.2, 0.25) is 0 Å². The molecule has 1 aliphatic heterocycles. The third-order valence-electron chi connectivity index (χ3n) is 1.81. The Bertz CT molecular complexity index is 412. The van der Waals surface area contributed by atoms with Crippen LogP contribution in [0.3, 0.4) is 0 Å². The number of hydrogen-bond donors (Lipinski definition) is 2. The average Bonchev–Trinajstić information content (AvgIpc) is 2.49. The molecule has 0 unspecified atom stereocenters. The van der Waals surface area contributed by atoms with Gasteiger partial charge in [-0.05, 0) is 17.9 Å². The zero-order chi connectivity index (χ0) is 12.3. The highest BCUT2D eigenvalue weighted by molar-refractivity contribution is 8.46. The highest BCUT2D eigenvalue weighted by Gasteiger charge is 2.29. The minimum absolute atomic E-state index is 0.0911. The lowest BCUT2D eigenvalue weighted by molar-refractivity contribution is -0.129. The first kappa shape index (κ1) is 12.4. The van der Waals surface area contributed by atoms with Crippen LogP contribution in [0.4, 0.5) is 0 Å². The third-order valence-corrected chi connectivity index (χ3v) is 3.73. The van der Waals surface area contributed by atoms with Crippen molar-refractivity contribution in [3.8, 4) is 0 Å². The average molecular weight is 244 g/mol. The first-order chi connectivity index (χ1) is 7.38. The summed E-state index contributed by atoms with van der Waals surface area (Å²) in [6, 6.07) is 0. The van der Waals surface area contributed by atoms with E-state index in [-0.39, 0.29) is 12.3 Å². The summed E-state index contributed by atoms with van der Waals surface area (Å²) in [6.07, 6.45) is 4.29. The van der Waals surface area contributed by atoms with E-state index in [0.717, 1.165) is 0 Å². The van der Waals surface area contributed by atoms with Crippen molar-refractivity contribution in [2.45, 2.75) is 0 Å². The normalized spacial score (nSPS) is 19.4. The molecule has 0 aromatic heterocycles. The van der Waals surface area contributed by atoms with Crippen LogP contribution in [-0.4, -0.2) is 47.4 Å². The van der Waals surface area contributed by atoms with Crippen molar-refractivity contribution in [2.75, 3.05) is 19.1 Å². The molecule has 1 rings (SSSR count). The highest BCUT2D eigenvalue weighted by Crippen LogP contribution is 2.49. The maximum absolute atomic E-state index is 10.6. The fourth-order valence-corrected chi connectivity index (χ4v) is 2.62. The van der Waals surface area contributed by atoms with Gasteiger partial charge in [0.2, 0.25) is 5.23 Å². The van der Waals surface area contributed by atoms with Crippen LogP contribution in [0.5, 0.6) is 0 Å². The van der Waals surface area contributed by atoms with Crippen molar-refractivity contribution in [1.82, 2.24) is 0 Å². The number of hydrogen-bond acceptors (Lipinski definition) is 5. The molecule has 0 saturated carbocycles. The molecule has 0 aromatic carbocycles. The number of carboxylic acids is 1. The first-order valence-corrected chi connectivity index (χ1v) is 6.82. The van der Waals surface area contributed by atoms with E-state index in [1.165, 1.54) is 0 Å². The molecule has 0 spiro atoms. The molecule has 7 heteroatoms. The molecule has 0 atom stereocenters. The summed E-state index contributed by atoms with van der Waals surface area (Å²) in [5.74, 6) is -1.33. The smallest absolute Gasteiger partial charge is 0.356 e. The first-order valence-electron chi connectivity index (χ1n) is 4.31. The summed E-state index contributed by atoms with van der Waals surface area (Å²) < 4.78 is 5.10. The number of carbonyl (C=O) groups is 2. The van der Waals surface area contributed by atoms with Crippen LogP contribution in [-0.2, 0) is 14.3 Å². The third kappa shape index (κ3) is 2.48. The Morgan fingerprint density at radius 2 is 2.31 bits per heavy atom. The molecule has 1 aliphatic rings. The van der Waals surface area contributed by atoms with Crippen molar-refractivity contribution in [3.05, 3.63) is 11.1 Å². The van der Waals surface area contributed by atoms with Gasteiger partial charge in [0.25, 0.3) is 0 Å². The number of ether oxygens (including phenoxy) is 1. The minimum Gasteiger partial charge on any atom is -0.476 e. The molecule has 0 aromatic rings. The van der Waals surface area contributed by atoms with Gasteiger partial charge in [0.05, 0.1) is 0 Å². The Hall–Kier alpha value is -1.63. The SMILES string of the molecule is CS1(C)C=C(C(=N)C(=O)O)N=C1OCC=O. The van der Waals surface area contributed by atoms with Gasteiger partial charge in [0.1, 0.15) is 12.3 Å². The molecular weight excluding hydrogens is 232 g/mol. The summed E-state index contributed by atoms with van der Waals surface area (Å²) in [5, 5.41) is 17.9. The fourth-order valence-electron chi connectivity index (χ4n) is 1.09. The van der Waals surface area contributed by atoms with Crippen LogP contribution < -0.4 is 0 Å². The lowest BCUT2D eigenvalue weighted by Gasteiger charge is -2.22. The van der Waals surface area contributed by atoms with Gasteiger partial charge in [-0.2, -0.15) is 0 Å². The van der Waals surface area contributed by atoms with Gasteiger partial charge >= 0.3 is 5.97 Å². The Morgan fingerprint density at radius 3 is 2.81 bits per heavy atom. The van der Waals surface area contributed by atoms with Crippen molar-refractivity contribution in [3.63, 3.8) is 0 Å². The molecule has 16 heavy (non-hydrogen) atoms. The maximum atomic E-state index is 10.6. The van der Waals surface area contributed by atoms with Gasteiger partial charge in [-0.3, -0.25) is 10.2 Å². The van der Waals surface area contributed by atoms with Crippen LogP contribution in [0, 0.1) is 5.41 Å². The quantitative estimate of drug-likeness (QED) is 0.558. The van der Waals surface area contributed by atoms with E-state index in [2.05, 4.69) is 4.99 Å². The van der Waals surface area contributed by atoms with E-state index < -0.39 is 21.7 Å². The minimum atomic E-state index is -1.48. The predicted octanol–water partition coefficient (Wildman–Crippen LogP) is 0.581. The molecular formula is C9H12N2O4S. The number of nitrogens with one attached hydrogen (secondary N) is 1. The van der Waals surface area contributed by atoms with E-state index in [4.69, 9.17) is 15.3 Å². The van der Waals surface area contributed by atoms with E-state index in [1.54, 1.807) is 5.41 Å². The van der Waals surface area contributed by atoms with Crippen molar-refractivity contribution in [1.29, 1.82) is 5.41 Å². The molecule has 88 valence electrons. The molecule has 0 amide bonds. The van der Waals surface area contributed by atoms with Crippen LogP contribution in [0.1, 0.15) is 0 Å². The monoisotopic (exact) mass is 244 g/mol. The zero-order valence-corrected chi connectivity index (χ0v) is 9.71. The molecule has 6 nitrogen and oxygen atoms in total. The Labute approximate surface area is 93.8 Å². The number of nitrogens with zero attached hydrogens (tertiary/aromatic N) is 1. The second-order valence-corrected chi connectivity index (χ2v) is 6.84.